The van der Waals surface area contributed by atoms with Crippen molar-refractivity contribution < 1.29 is 4.74 Å². The van der Waals surface area contributed by atoms with Gasteiger partial charge in [-0.2, -0.15) is 0 Å². The summed E-state index contributed by atoms with van der Waals surface area (Å²) in [6.07, 6.45) is 1.08. The van der Waals surface area contributed by atoms with Gasteiger partial charge in [0.25, 0.3) is 0 Å². The molecule has 0 saturated carbocycles. The van der Waals surface area contributed by atoms with E-state index in [2.05, 4.69) is 71.0 Å². The highest BCUT2D eigenvalue weighted by Gasteiger charge is 2.34. The average Bonchev–Trinajstić information content (AvgIpc) is 2.38. The predicted molar refractivity (Wildman–Crippen MR) is 88.2 cm³/mol. The molecule has 110 valence electrons. The van der Waals surface area contributed by atoms with Crippen LogP contribution in [-0.2, 0) is 11.8 Å². The number of ether oxygens (including phenoxy) is 1. The Hall–Kier alpha value is -1.76. The van der Waals surface area contributed by atoms with Crippen molar-refractivity contribution >= 4 is 0 Å². The zero-order valence-electron chi connectivity index (χ0n) is 13.7. The molecule has 1 aliphatic heterocycles. The Balaban J connectivity index is 2.08. The van der Waals surface area contributed by atoms with Crippen molar-refractivity contribution in [3.63, 3.8) is 0 Å². The normalized spacial score (nSPS) is 15.9. The lowest BCUT2D eigenvalue weighted by atomic mass is 9.74. The summed E-state index contributed by atoms with van der Waals surface area (Å²) >= 11 is 0. The first kappa shape index (κ1) is 14.2. The van der Waals surface area contributed by atoms with Crippen molar-refractivity contribution in [1.29, 1.82) is 0 Å². The highest BCUT2D eigenvalue weighted by molar-refractivity contribution is 5.57. The second-order valence-electron chi connectivity index (χ2n) is 7.79. The lowest BCUT2D eigenvalue weighted by Crippen LogP contribution is -2.24. The fourth-order valence-corrected chi connectivity index (χ4v) is 3.21. The van der Waals surface area contributed by atoms with Crippen molar-refractivity contribution in [3.05, 3.63) is 59.2 Å². The van der Waals surface area contributed by atoms with Crippen LogP contribution in [0, 0.1) is 5.41 Å². The van der Waals surface area contributed by atoms with Crippen LogP contribution >= 0.6 is 0 Å². The molecular formula is C20H24O. The van der Waals surface area contributed by atoms with E-state index in [1.165, 1.54) is 16.7 Å². The molecule has 0 radical (unpaired) electrons. The van der Waals surface area contributed by atoms with Gasteiger partial charge in [-0.15, -0.1) is 0 Å². The highest BCUT2D eigenvalue weighted by Crippen LogP contribution is 2.48. The average molecular weight is 280 g/mol. The van der Waals surface area contributed by atoms with E-state index in [-0.39, 0.29) is 5.41 Å². The van der Waals surface area contributed by atoms with E-state index in [9.17, 15) is 0 Å². The molecule has 0 bridgehead atoms. The molecule has 3 rings (SSSR count). The second kappa shape index (κ2) is 4.62. The summed E-state index contributed by atoms with van der Waals surface area (Å²) in [6, 6.07) is 15.0. The third-order valence-corrected chi connectivity index (χ3v) is 4.23. The molecule has 0 amide bonds. The second-order valence-corrected chi connectivity index (χ2v) is 7.79. The van der Waals surface area contributed by atoms with Gasteiger partial charge < -0.3 is 4.74 Å². The van der Waals surface area contributed by atoms with Crippen molar-refractivity contribution in [1.82, 2.24) is 0 Å². The van der Waals surface area contributed by atoms with E-state index in [0.29, 0.717) is 5.41 Å². The molecule has 0 aliphatic carbocycles. The Labute approximate surface area is 128 Å². The maximum Gasteiger partial charge on any atom is 0.131 e. The third kappa shape index (κ3) is 2.57. The Morgan fingerprint density at radius 2 is 1.57 bits per heavy atom. The molecule has 0 N–H and O–H groups in total. The largest absolute Gasteiger partial charge is 0.457 e. The summed E-state index contributed by atoms with van der Waals surface area (Å²) in [5.74, 6) is 1.98. The molecule has 1 heterocycles. The van der Waals surface area contributed by atoms with Gasteiger partial charge in [-0.25, -0.2) is 0 Å². The molecule has 0 aromatic heterocycles. The van der Waals surface area contributed by atoms with E-state index in [0.717, 1.165) is 17.9 Å². The van der Waals surface area contributed by atoms with Crippen molar-refractivity contribution in [2.45, 2.75) is 46.5 Å². The van der Waals surface area contributed by atoms with Gasteiger partial charge in [-0.3, -0.25) is 0 Å². The van der Waals surface area contributed by atoms with Crippen LogP contribution in [0.5, 0.6) is 11.5 Å². The molecule has 0 fully saturated rings. The van der Waals surface area contributed by atoms with Gasteiger partial charge in [0.2, 0.25) is 0 Å². The number of fused-ring (bicyclic) bond motifs is 2. The van der Waals surface area contributed by atoms with Crippen molar-refractivity contribution in [3.8, 4) is 11.5 Å². The minimum atomic E-state index is -0.0158. The van der Waals surface area contributed by atoms with Crippen LogP contribution in [0.25, 0.3) is 0 Å². The number of hydrogen-bond donors (Lipinski definition) is 0. The van der Waals surface area contributed by atoms with Gasteiger partial charge in [0.05, 0.1) is 0 Å². The molecule has 0 atom stereocenters. The van der Waals surface area contributed by atoms with Crippen LogP contribution in [-0.4, -0.2) is 0 Å². The minimum Gasteiger partial charge on any atom is -0.457 e. The Morgan fingerprint density at radius 1 is 0.905 bits per heavy atom. The fourth-order valence-electron chi connectivity index (χ4n) is 3.21. The molecule has 2 aromatic carbocycles. The van der Waals surface area contributed by atoms with E-state index in [4.69, 9.17) is 4.74 Å². The SMILES string of the molecule is CC(C)(C)Cc1ccc2c(c1)C(C)(C)c1ccccc1O2. The van der Waals surface area contributed by atoms with Gasteiger partial charge in [0, 0.05) is 16.5 Å². The molecular weight excluding hydrogens is 256 g/mol. The van der Waals surface area contributed by atoms with E-state index in [1.54, 1.807) is 0 Å². The third-order valence-electron chi connectivity index (χ3n) is 4.23. The molecule has 1 aliphatic rings. The first-order valence-corrected chi connectivity index (χ1v) is 7.68. The van der Waals surface area contributed by atoms with Crippen LogP contribution in [0.2, 0.25) is 0 Å². The van der Waals surface area contributed by atoms with Crippen LogP contribution < -0.4 is 4.74 Å². The summed E-state index contributed by atoms with van der Waals surface area (Å²) < 4.78 is 6.10. The van der Waals surface area contributed by atoms with Gasteiger partial charge in [0.15, 0.2) is 0 Å². The Morgan fingerprint density at radius 3 is 2.29 bits per heavy atom. The summed E-state index contributed by atoms with van der Waals surface area (Å²) in [7, 11) is 0. The topological polar surface area (TPSA) is 9.23 Å². The summed E-state index contributed by atoms with van der Waals surface area (Å²) in [5.41, 5.74) is 4.23. The maximum absolute atomic E-state index is 6.10. The Kier molecular flexibility index (Phi) is 3.12. The summed E-state index contributed by atoms with van der Waals surface area (Å²) in [6.45, 7) is 11.4. The quantitative estimate of drug-likeness (QED) is 0.650. The summed E-state index contributed by atoms with van der Waals surface area (Å²) in [4.78, 5) is 0. The zero-order valence-corrected chi connectivity index (χ0v) is 13.7. The fraction of sp³-hybridized carbons (Fsp3) is 0.400. The van der Waals surface area contributed by atoms with Gasteiger partial charge in [0.1, 0.15) is 11.5 Å². The number of hydrogen-bond acceptors (Lipinski definition) is 1. The molecule has 1 nitrogen and oxygen atoms in total. The van der Waals surface area contributed by atoms with Crippen molar-refractivity contribution in [2.75, 3.05) is 0 Å². The first-order chi connectivity index (χ1) is 9.77. The van der Waals surface area contributed by atoms with Gasteiger partial charge >= 0.3 is 0 Å². The monoisotopic (exact) mass is 280 g/mol. The lowest BCUT2D eigenvalue weighted by Gasteiger charge is -2.35. The molecule has 0 saturated heterocycles. The lowest BCUT2D eigenvalue weighted by molar-refractivity contribution is 0.404. The first-order valence-electron chi connectivity index (χ1n) is 7.68. The van der Waals surface area contributed by atoms with Gasteiger partial charge in [-0.1, -0.05) is 65.0 Å². The van der Waals surface area contributed by atoms with Crippen LogP contribution in [0.1, 0.15) is 51.3 Å². The van der Waals surface area contributed by atoms with E-state index < -0.39 is 0 Å². The van der Waals surface area contributed by atoms with E-state index in [1.807, 2.05) is 6.07 Å². The zero-order chi connectivity index (χ0) is 15.3. The molecule has 0 spiro atoms. The standard InChI is InChI=1S/C20H24O/c1-19(2,3)13-14-10-11-18-16(12-14)20(4,5)15-8-6-7-9-17(15)21-18/h6-12H,13H2,1-5H3. The number of rotatable bonds is 1. The minimum absolute atomic E-state index is 0.0158. The molecule has 0 unspecified atom stereocenters. The molecule has 1 heteroatoms. The molecule has 21 heavy (non-hydrogen) atoms. The smallest absolute Gasteiger partial charge is 0.131 e. The van der Waals surface area contributed by atoms with Crippen LogP contribution in [0.3, 0.4) is 0 Å². The van der Waals surface area contributed by atoms with Crippen LogP contribution in [0.15, 0.2) is 42.5 Å². The highest BCUT2D eigenvalue weighted by atomic mass is 16.5. The van der Waals surface area contributed by atoms with Crippen LogP contribution in [0.4, 0.5) is 0 Å². The predicted octanol–water partition coefficient (Wildman–Crippen LogP) is 5.71. The van der Waals surface area contributed by atoms with E-state index >= 15 is 0 Å². The summed E-state index contributed by atoms with van der Waals surface area (Å²) in [5, 5.41) is 0. The Bertz CT molecular complexity index is 674. The number of para-hydroxylation sites is 1. The molecule has 2 aromatic rings. The number of benzene rings is 2. The van der Waals surface area contributed by atoms with Crippen molar-refractivity contribution in [2.24, 2.45) is 5.41 Å². The van der Waals surface area contributed by atoms with Gasteiger partial charge in [-0.05, 0) is 29.5 Å². The maximum atomic E-state index is 6.10.